The van der Waals surface area contributed by atoms with Crippen LogP contribution in [0.2, 0.25) is 0 Å². The third-order valence-corrected chi connectivity index (χ3v) is 4.96. The van der Waals surface area contributed by atoms with Crippen LogP contribution in [0.3, 0.4) is 0 Å². The van der Waals surface area contributed by atoms with Gasteiger partial charge in [0.05, 0.1) is 19.1 Å². The van der Waals surface area contributed by atoms with Gasteiger partial charge in [-0.3, -0.25) is 4.79 Å². The molecule has 7 nitrogen and oxygen atoms in total. The van der Waals surface area contributed by atoms with Crippen molar-refractivity contribution in [3.05, 3.63) is 5.73 Å². The number of hydrogen-bond donors (Lipinski definition) is 2. The van der Waals surface area contributed by atoms with Crippen molar-refractivity contribution < 1.29 is 68.2 Å². The van der Waals surface area contributed by atoms with E-state index in [1.54, 1.807) is 20.8 Å². The summed E-state index contributed by atoms with van der Waals surface area (Å²) in [4.78, 5) is 24.1. The summed E-state index contributed by atoms with van der Waals surface area (Å²) < 4.78 is 10.1. The fourth-order valence-electron chi connectivity index (χ4n) is 3.65. The quantitative estimate of drug-likeness (QED) is 0.467. The van der Waals surface area contributed by atoms with E-state index in [1.165, 1.54) is 7.11 Å². The molecule has 0 aromatic heterocycles. The minimum absolute atomic E-state index is 0. The first-order valence-corrected chi connectivity index (χ1v) is 9.02. The molecule has 0 aromatic carbocycles. The van der Waals surface area contributed by atoms with Crippen LogP contribution in [-0.4, -0.2) is 48.1 Å². The number of alkyl carbamates (subject to hydrolysis) is 1. The van der Waals surface area contributed by atoms with Crippen LogP contribution in [0.5, 0.6) is 0 Å². The molecule has 0 heterocycles. The molecule has 0 spiro atoms. The number of aliphatic hydroxyl groups excluding tert-OH is 1. The molecule has 26 heavy (non-hydrogen) atoms. The molecular formula is C18H33AcN2O5-. The summed E-state index contributed by atoms with van der Waals surface area (Å²) in [6.45, 7) is 9.31. The summed E-state index contributed by atoms with van der Waals surface area (Å²) in [5.74, 6) is -1.71. The zero-order valence-electron chi connectivity index (χ0n) is 16.7. The molecule has 3 N–H and O–H groups in total. The Morgan fingerprint density at radius 1 is 1.27 bits per heavy atom. The van der Waals surface area contributed by atoms with Crippen LogP contribution in [-0.2, 0) is 14.3 Å². The summed E-state index contributed by atoms with van der Waals surface area (Å²) >= 11 is 0. The Balaban J connectivity index is 0.00000625. The zero-order valence-corrected chi connectivity index (χ0v) is 21.5. The number of nitrogens with one attached hydrogen (secondary N) is 2. The normalized spacial score (nSPS) is 26.8. The number of methoxy groups -OCH3 is 1. The molecule has 1 radical (unpaired) electrons. The van der Waals surface area contributed by atoms with Crippen molar-refractivity contribution in [2.75, 3.05) is 7.11 Å². The first-order valence-electron chi connectivity index (χ1n) is 9.02. The summed E-state index contributed by atoms with van der Waals surface area (Å²) in [6.07, 6.45) is 0.228. The van der Waals surface area contributed by atoms with E-state index in [4.69, 9.17) is 15.2 Å². The maximum absolute atomic E-state index is 12.2. The number of amides is 1. The minimum Gasteiger partial charge on any atom is -0.674 e. The van der Waals surface area contributed by atoms with Crippen molar-refractivity contribution in [3.8, 4) is 0 Å². The fourth-order valence-corrected chi connectivity index (χ4v) is 3.65. The fraction of sp³-hybridized carbons (Fsp3) is 0.889. The number of aliphatic hydroxyl groups is 1. The van der Waals surface area contributed by atoms with Crippen LogP contribution < -0.4 is 5.32 Å². The largest absolute Gasteiger partial charge is 0.674 e. The van der Waals surface area contributed by atoms with Gasteiger partial charge in [0.1, 0.15) is 5.60 Å². The first-order chi connectivity index (χ1) is 11.6. The Hall–Kier alpha value is 0.102. The Bertz CT molecular complexity index is 465. The second-order valence-corrected chi connectivity index (χ2v) is 7.79. The van der Waals surface area contributed by atoms with Crippen molar-refractivity contribution in [2.45, 2.75) is 77.7 Å². The van der Waals surface area contributed by atoms with Gasteiger partial charge in [-0.05, 0) is 33.1 Å². The summed E-state index contributed by atoms with van der Waals surface area (Å²) in [5, 5.41) is 13.4. The molecular weight excluding hydrogens is 551 g/mol. The van der Waals surface area contributed by atoms with Crippen molar-refractivity contribution in [2.24, 2.45) is 17.8 Å². The zero-order chi connectivity index (χ0) is 19.4. The van der Waals surface area contributed by atoms with Gasteiger partial charge in [0, 0.05) is 50.1 Å². The molecule has 5 unspecified atom stereocenters. The van der Waals surface area contributed by atoms with Crippen LogP contribution in [0, 0.1) is 61.8 Å². The van der Waals surface area contributed by atoms with E-state index in [1.807, 2.05) is 13.8 Å². The first kappa shape index (κ1) is 26.1. The minimum atomic E-state index is -1.02. The van der Waals surface area contributed by atoms with Gasteiger partial charge in [-0.15, -0.1) is 6.04 Å². The molecule has 1 fully saturated rings. The van der Waals surface area contributed by atoms with Gasteiger partial charge in [0.2, 0.25) is 0 Å². The third-order valence-electron chi connectivity index (χ3n) is 4.96. The van der Waals surface area contributed by atoms with Gasteiger partial charge < -0.3 is 25.6 Å². The van der Waals surface area contributed by atoms with Gasteiger partial charge in [-0.2, -0.15) is 0 Å². The van der Waals surface area contributed by atoms with E-state index in [0.717, 1.165) is 12.8 Å². The Morgan fingerprint density at radius 3 is 2.23 bits per heavy atom. The standard InChI is InChI=1S/C18H33N2O5.Ac/c1-7-10(8-2)14(19)13-12(20-17(23)25-18(3,4)5)9-11(15(13)21)16(22)24-6;/h10-15,19,21H,7-9H2,1-6H3,(H,20,23);/q-1;. The van der Waals surface area contributed by atoms with Crippen LogP contribution >= 0.6 is 0 Å². The van der Waals surface area contributed by atoms with Crippen molar-refractivity contribution in [1.82, 2.24) is 5.32 Å². The molecule has 1 saturated carbocycles. The number of ether oxygens (including phenoxy) is 2. The molecule has 0 saturated heterocycles. The van der Waals surface area contributed by atoms with Crippen LogP contribution in [0.1, 0.15) is 53.9 Å². The molecule has 1 aliphatic rings. The number of esters is 1. The molecule has 5 atom stereocenters. The van der Waals surface area contributed by atoms with Gasteiger partial charge >= 0.3 is 12.1 Å². The molecule has 8 heteroatoms. The predicted molar refractivity (Wildman–Crippen MR) is 95.0 cm³/mol. The van der Waals surface area contributed by atoms with Gasteiger partial charge in [-0.25, -0.2) is 4.79 Å². The molecule has 0 aliphatic heterocycles. The Kier molecular flexibility index (Phi) is 11.2. The molecule has 1 rings (SSSR count). The van der Waals surface area contributed by atoms with E-state index in [2.05, 4.69) is 5.32 Å². The van der Waals surface area contributed by atoms with Gasteiger partial charge in [0.25, 0.3) is 0 Å². The average Bonchev–Trinajstić information content (AvgIpc) is 2.81. The summed E-state index contributed by atoms with van der Waals surface area (Å²) in [5.41, 5.74) is 7.95. The second-order valence-electron chi connectivity index (χ2n) is 7.79. The Labute approximate surface area is 192 Å². The number of hydrogen-bond acceptors (Lipinski definition) is 5. The van der Waals surface area contributed by atoms with E-state index in [0.29, 0.717) is 0 Å². The van der Waals surface area contributed by atoms with E-state index in [9.17, 15) is 14.7 Å². The number of carbonyl (C=O) groups is 2. The van der Waals surface area contributed by atoms with E-state index in [-0.39, 0.29) is 56.4 Å². The molecule has 1 amide bonds. The second kappa shape index (κ2) is 11.2. The average molecular weight is 584 g/mol. The molecule has 0 aromatic rings. The van der Waals surface area contributed by atoms with Gasteiger partial charge in [0.15, 0.2) is 0 Å². The Morgan fingerprint density at radius 2 is 1.81 bits per heavy atom. The van der Waals surface area contributed by atoms with Crippen molar-refractivity contribution in [3.63, 3.8) is 0 Å². The molecule has 1 aliphatic carbocycles. The van der Waals surface area contributed by atoms with Crippen molar-refractivity contribution >= 4 is 12.1 Å². The monoisotopic (exact) mass is 584 g/mol. The van der Waals surface area contributed by atoms with E-state index < -0.39 is 47.7 Å². The molecule has 0 bridgehead atoms. The van der Waals surface area contributed by atoms with Crippen LogP contribution in [0.25, 0.3) is 5.73 Å². The molecule has 149 valence electrons. The summed E-state index contributed by atoms with van der Waals surface area (Å²) in [7, 11) is 1.28. The summed E-state index contributed by atoms with van der Waals surface area (Å²) in [6, 6.07) is -1.09. The third kappa shape index (κ3) is 6.92. The van der Waals surface area contributed by atoms with Gasteiger partial charge in [-0.1, -0.05) is 32.6 Å². The maximum atomic E-state index is 12.2. The number of rotatable bonds is 6. The number of carbonyl (C=O) groups excluding carboxylic acids is 2. The SMILES string of the molecule is CCC(CC)C([NH-])C1C(NC(=O)OC(C)(C)C)CC(C(=O)OC)C1O.[Ac]. The van der Waals surface area contributed by atoms with Crippen LogP contribution in [0.15, 0.2) is 0 Å². The van der Waals surface area contributed by atoms with E-state index >= 15 is 0 Å². The maximum Gasteiger partial charge on any atom is 0.407 e. The van der Waals surface area contributed by atoms with Crippen molar-refractivity contribution in [1.29, 1.82) is 0 Å². The van der Waals surface area contributed by atoms with Crippen LogP contribution in [0.4, 0.5) is 4.79 Å². The topological polar surface area (TPSA) is 109 Å². The smallest absolute Gasteiger partial charge is 0.407 e. The predicted octanol–water partition coefficient (Wildman–Crippen LogP) is 2.91.